The zero-order chi connectivity index (χ0) is 12.1. The van der Waals surface area contributed by atoms with Gasteiger partial charge in [0.1, 0.15) is 5.75 Å². The van der Waals surface area contributed by atoms with Gasteiger partial charge in [-0.3, -0.25) is 4.79 Å². The molecule has 0 atom stereocenters. The third kappa shape index (κ3) is 3.48. The van der Waals surface area contributed by atoms with E-state index in [4.69, 9.17) is 0 Å². The van der Waals surface area contributed by atoms with Crippen LogP contribution in [0.5, 0.6) is 5.75 Å². The highest BCUT2D eigenvalue weighted by Crippen LogP contribution is 2.23. The van der Waals surface area contributed by atoms with E-state index >= 15 is 0 Å². The molecule has 0 aliphatic heterocycles. The van der Waals surface area contributed by atoms with Crippen molar-refractivity contribution in [1.82, 2.24) is 5.32 Å². The number of carbonyl (C=O) groups excluding carboxylic acids is 1. The van der Waals surface area contributed by atoms with Gasteiger partial charge in [-0.25, -0.2) is 0 Å². The van der Waals surface area contributed by atoms with Crippen LogP contribution in [0.2, 0.25) is 0 Å². The largest absolute Gasteiger partial charge is 0.508 e. The van der Waals surface area contributed by atoms with Crippen molar-refractivity contribution in [1.29, 1.82) is 0 Å². The molecular formula is C14H19NO2. The van der Waals surface area contributed by atoms with E-state index in [1.54, 1.807) is 18.2 Å². The number of carbonyl (C=O) groups is 1. The molecule has 2 N–H and O–H groups in total. The van der Waals surface area contributed by atoms with Crippen LogP contribution in [-0.4, -0.2) is 17.6 Å². The fraction of sp³-hybridized carbons (Fsp3) is 0.500. The van der Waals surface area contributed by atoms with Gasteiger partial charge in [0.2, 0.25) is 5.91 Å². The molecule has 0 radical (unpaired) electrons. The molecule has 1 aliphatic carbocycles. The number of amides is 1. The lowest BCUT2D eigenvalue weighted by atomic mass is 10.1. The predicted molar refractivity (Wildman–Crippen MR) is 66.8 cm³/mol. The van der Waals surface area contributed by atoms with Crippen molar-refractivity contribution < 1.29 is 9.90 Å². The average molecular weight is 233 g/mol. The number of phenolic OH excluding ortho intramolecular Hbond substituents is 1. The minimum atomic E-state index is -0.00148. The Bertz CT molecular complexity index is 384. The van der Waals surface area contributed by atoms with Crippen molar-refractivity contribution in [2.75, 3.05) is 6.54 Å². The number of phenols is 1. The van der Waals surface area contributed by atoms with Gasteiger partial charge in [0.15, 0.2) is 0 Å². The highest BCUT2D eigenvalue weighted by atomic mass is 16.3. The highest BCUT2D eigenvalue weighted by molar-refractivity contribution is 5.79. The van der Waals surface area contributed by atoms with Crippen molar-refractivity contribution >= 4 is 5.91 Å². The third-order valence-corrected chi connectivity index (χ3v) is 3.41. The van der Waals surface area contributed by atoms with Gasteiger partial charge in [-0.2, -0.15) is 0 Å². The van der Waals surface area contributed by atoms with Crippen LogP contribution in [0.25, 0.3) is 0 Å². The lowest BCUT2D eigenvalue weighted by molar-refractivity contribution is -0.120. The second-order valence-electron chi connectivity index (χ2n) is 4.76. The van der Waals surface area contributed by atoms with Gasteiger partial charge in [0, 0.05) is 12.1 Å². The van der Waals surface area contributed by atoms with Gasteiger partial charge in [0.05, 0.1) is 6.42 Å². The Kier molecular flexibility index (Phi) is 4.02. The average Bonchev–Trinajstić information content (AvgIpc) is 2.82. The quantitative estimate of drug-likeness (QED) is 0.838. The molecule has 0 aromatic heterocycles. The van der Waals surface area contributed by atoms with E-state index in [9.17, 15) is 9.90 Å². The first-order valence-electron chi connectivity index (χ1n) is 6.29. The van der Waals surface area contributed by atoms with E-state index in [2.05, 4.69) is 5.32 Å². The van der Waals surface area contributed by atoms with Crippen LogP contribution in [0.15, 0.2) is 24.3 Å². The number of para-hydroxylation sites is 1. The first-order chi connectivity index (χ1) is 8.25. The molecule has 0 heterocycles. The van der Waals surface area contributed by atoms with Gasteiger partial charge < -0.3 is 10.4 Å². The SMILES string of the molecule is O=C(Cc1ccccc1O)NCC1CCCC1. The summed E-state index contributed by atoms with van der Waals surface area (Å²) in [6.07, 6.45) is 5.31. The molecule has 1 aromatic carbocycles. The lowest BCUT2D eigenvalue weighted by Gasteiger charge is -2.10. The minimum Gasteiger partial charge on any atom is -0.508 e. The summed E-state index contributed by atoms with van der Waals surface area (Å²) < 4.78 is 0. The van der Waals surface area contributed by atoms with Crippen LogP contribution in [-0.2, 0) is 11.2 Å². The molecule has 2 rings (SSSR count). The fourth-order valence-electron chi connectivity index (χ4n) is 2.37. The summed E-state index contributed by atoms with van der Waals surface area (Å²) in [4.78, 5) is 11.7. The van der Waals surface area contributed by atoms with Crippen LogP contribution in [0.4, 0.5) is 0 Å². The fourth-order valence-corrected chi connectivity index (χ4v) is 2.37. The van der Waals surface area contributed by atoms with Crippen LogP contribution >= 0.6 is 0 Å². The summed E-state index contributed by atoms with van der Waals surface area (Å²) in [6, 6.07) is 6.98. The van der Waals surface area contributed by atoms with Crippen molar-refractivity contribution in [3.63, 3.8) is 0 Å². The smallest absolute Gasteiger partial charge is 0.224 e. The molecule has 1 aromatic rings. The summed E-state index contributed by atoms with van der Waals surface area (Å²) in [5.41, 5.74) is 0.691. The molecule has 3 nitrogen and oxygen atoms in total. The molecule has 3 heteroatoms. The minimum absolute atomic E-state index is 0.00148. The Morgan fingerprint density at radius 1 is 1.29 bits per heavy atom. The topological polar surface area (TPSA) is 49.3 Å². The molecule has 0 spiro atoms. The molecule has 1 amide bonds. The number of rotatable bonds is 4. The van der Waals surface area contributed by atoms with Crippen molar-refractivity contribution in [2.45, 2.75) is 32.1 Å². The number of nitrogens with one attached hydrogen (secondary N) is 1. The molecule has 0 saturated heterocycles. The van der Waals surface area contributed by atoms with Gasteiger partial charge in [-0.05, 0) is 24.8 Å². The third-order valence-electron chi connectivity index (χ3n) is 3.41. The zero-order valence-corrected chi connectivity index (χ0v) is 9.98. The van der Waals surface area contributed by atoms with Crippen molar-refractivity contribution in [2.24, 2.45) is 5.92 Å². The van der Waals surface area contributed by atoms with E-state index in [0.717, 1.165) is 6.54 Å². The Labute approximate surface area is 102 Å². The first-order valence-corrected chi connectivity index (χ1v) is 6.29. The first kappa shape index (κ1) is 12.0. The molecule has 17 heavy (non-hydrogen) atoms. The second kappa shape index (κ2) is 5.71. The molecule has 1 saturated carbocycles. The Morgan fingerprint density at radius 2 is 2.00 bits per heavy atom. The Hall–Kier alpha value is -1.51. The standard InChI is InChI=1S/C14H19NO2/c16-13-8-4-3-7-12(13)9-14(17)15-10-11-5-1-2-6-11/h3-4,7-8,11,16H,1-2,5-6,9-10H2,(H,15,17). The predicted octanol–water partition coefficient (Wildman–Crippen LogP) is 2.24. The second-order valence-corrected chi connectivity index (χ2v) is 4.76. The van der Waals surface area contributed by atoms with Crippen LogP contribution < -0.4 is 5.32 Å². The monoisotopic (exact) mass is 233 g/mol. The molecular weight excluding hydrogens is 214 g/mol. The molecule has 0 unspecified atom stereocenters. The van der Waals surface area contributed by atoms with Gasteiger partial charge in [0.25, 0.3) is 0 Å². The van der Waals surface area contributed by atoms with Crippen molar-refractivity contribution in [3.05, 3.63) is 29.8 Å². The van der Waals surface area contributed by atoms with Crippen LogP contribution in [0.3, 0.4) is 0 Å². The Balaban J connectivity index is 1.79. The molecule has 1 aliphatic rings. The molecule has 0 bridgehead atoms. The number of aromatic hydroxyl groups is 1. The molecule has 92 valence electrons. The van der Waals surface area contributed by atoms with Gasteiger partial charge >= 0.3 is 0 Å². The maximum Gasteiger partial charge on any atom is 0.224 e. The van der Waals surface area contributed by atoms with Gasteiger partial charge in [-0.15, -0.1) is 0 Å². The summed E-state index contributed by atoms with van der Waals surface area (Å²) in [7, 11) is 0. The zero-order valence-electron chi connectivity index (χ0n) is 9.98. The van der Waals surface area contributed by atoms with E-state index in [-0.39, 0.29) is 18.1 Å². The normalized spacial score (nSPS) is 16.0. The summed E-state index contributed by atoms with van der Waals surface area (Å²) in [5.74, 6) is 0.852. The highest BCUT2D eigenvalue weighted by Gasteiger charge is 2.16. The number of hydrogen-bond donors (Lipinski definition) is 2. The van der Waals surface area contributed by atoms with E-state index in [1.807, 2.05) is 6.07 Å². The Morgan fingerprint density at radius 3 is 2.71 bits per heavy atom. The summed E-state index contributed by atoms with van der Waals surface area (Å²) in [6.45, 7) is 0.784. The summed E-state index contributed by atoms with van der Waals surface area (Å²) >= 11 is 0. The van der Waals surface area contributed by atoms with Crippen molar-refractivity contribution in [3.8, 4) is 5.75 Å². The summed E-state index contributed by atoms with van der Waals surface area (Å²) in [5, 5.41) is 12.5. The number of hydrogen-bond acceptors (Lipinski definition) is 2. The van der Waals surface area contributed by atoms with E-state index in [1.165, 1.54) is 25.7 Å². The maximum atomic E-state index is 11.7. The van der Waals surface area contributed by atoms with Crippen LogP contribution in [0, 0.1) is 5.92 Å². The van der Waals surface area contributed by atoms with Crippen LogP contribution in [0.1, 0.15) is 31.2 Å². The molecule has 1 fully saturated rings. The van der Waals surface area contributed by atoms with E-state index in [0.29, 0.717) is 11.5 Å². The lowest BCUT2D eigenvalue weighted by Crippen LogP contribution is -2.29. The number of benzene rings is 1. The maximum absolute atomic E-state index is 11.7. The van der Waals surface area contributed by atoms with E-state index < -0.39 is 0 Å². The van der Waals surface area contributed by atoms with Gasteiger partial charge in [-0.1, -0.05) is 31.0 Å².